The smallest absolute Gasteiger partial charge is 0.160 e. The summed E-state index contributed by atoms with van der Waals surface area (Å²) >= 11 is 0. The van der Waals surface area contributed by atoms with E-state index in [0.717, 1.165) is 57.1 Å². The fraction of sp³-hybridized carbons (Fsp3) is 0.0800. The van der Waals surface area contributed by atoms with Crippen LogP contribution in [0.3, 0.4) is 0 Å². The summed E-state index contributed by atoms with van der Waals surface area (Å²) in [5, 5.41) is 1.19. The molecule has 3 aliphatic carbocycles. The first kappa shape index (κ1) is 31.9. The standard InChI is InChI=1S/C50H36N4/c1-3-12-33(13-4-1)35-22-26-38(27-23-35)46-32-47(54-50(53-46)39-28-24-36(25-29-39)34-14-5-2-6-15-34)44-20-11-21-45(51-44)49-42-31-30-37-16-7-8-17-40(37)48(42)41-18-9-10-19-43(41)52-49/h1-26,28-32,37-38,40H,27H2. The van der Waals surface area contributed by atoms with Crippen LogP contribution in [0.4, 0.5) is 0 Å². The molecule has 3 atom stereocenters. The average molecular weight is 693 g/mol. The van der Waals surface area contributed by atoms with Gasteiger partial charge in [-0.2, -0.15) is 0 Å². The zero-order valence-corrected chi connectivity index (χ0v) is 29.6. The van der Waals surface area contributed by atoms with Crippen molar-refractivity contribution in [3.63, 3.8) is 0 Å². The lowest BCUT2D eigenvalue weighted by Crippen LogP contribution is -2.15. The van der Waals surface area contributed by atoms with Gasteiger partial charge in [-0.05, 0) is 58.5 Å². The van der Waals surface area contributed by atoms with E-state index < -0.39 is 0 Å². The van der Waals surface area contributed by atoms with Crippen molar-refractivity contribution in [3.05, 3.63) is 204 Å². The van der Waals surface area contributed by atoms with Gasteiger partial charge in [-0.15, -0.1) is 0 Å². The lowest BCUT2D eigenvalue weighted by atomic mass is 9.75. The van der Waals surface area contributed by atoms with Gasteiger partial charge in [-0.3, -0.25) is 0 Å². The molecular formula is C50H36N4. The second kappa shape index (κ2) is 13.6. The quantitative estimate of drug-likeness (QED) is 0.174. The lowest BCUT2D eigenvalue weighted by Gasteiger charge is -2.29. The molecule has 54 heavy (non-hydrogen) atoms. The summed E-state index contributed by atoms with van der Waals surface area (Å²) in [6.07, 6.45) is 21.1. The maximum absolute atomic E-state index is 5.31. The van der Waals surface area contributed by atoms with Gasteiger partial charge >= 0.3 is 0 Å². The monoisotopic (exact) mass is 692 g/mol. The first-order valence-electron chi connectivity index (χ1n) is 18.7. The summed E-state index contributed by atoms with van der Waals surface area (Å²) < 4.78 is 0. The first-order valence-corrected chi connectivity index (χ1v) is 18.7. The number of rotatable bonds is 6. The number of hydrogen-bond acceptors (Lipinski definition) is 4. The van der Waals surface area contributed by atoms with Crippen LogP contribution in [0.5, 0.6) is 0 Å². The van der Waals surface area contributed by atoms with Crippen LogP contribution in [-0.4, -0.2) is 19.9 Å². The van der Waals surface area contributed by atoms with E-state index in [4.69, 9.17) is 19.9 Å². The first-order chi connectivity index (χ1) is 26.7. The number of aromatic nitrogens is 4. The maximum Gasteiger partial charge on any atom is 0.160 e. The van der Waals surface area contributed by atoms with Crippen molar-refractivity contribution in [2.24, 2.45) is 5.92 Å². The zero-order valence-electron chi connectivity index (χ0n) is 29.6. The van der Waals surface area contributed by atoms with E-state index in [1.807, 2.05) is 6.07 Å². The van der Waals surface area contributed by atoms with E-state index in [2.05, 4.69) is 182 Å². The summed E-state index contributed by atoms with van der Waals surface area (Å²) in [6.45, 7) is 0. The van der Waals surface area contributed by atoms with Gasteiger partial charge in [0.05, 0.1) is 34.0 Å². The Kier molecular flexibility index (Phi) is 8.07. The van der Waals surface area contributed by atoms with Crippen LogP contribution < -0.4 is 0 Å². The Hall–Kier alpha value is -6.78. The molecule has 3 unspecified atom stereocenters. The minimum absolute atomic E-state index is 0.106. The van der Waals surface area contributed by atoms with Crippen molar-refractivity contribution < 1.29 is 0 Å². The molecule has 0 saturated carbocycles. The van der Waals surface area contributed by atoms with Crippen LogP contribution >= 0.6 is 0 Å². The molecule has 4 heteroatoms. The number of para-hydroxylation sites is 1. The van der Waals surface area contributed by atoms with Gasteiger partial charge < -0.3 is 0 Å². The van der Waals surface area contributed by atoms with Gasteiger partial charge in [0.2, 0.25) is 0 Å². The summed E-state index contributed by atoms with van der Waals surface area (Å²) in [5.74, 6) is 1.38. The van der Waals surface area contributed by atoms with Crippen LogP contribution in [0.2, 0.25) is 0 Å². The Morgan fingerprint density at radius 2 is 1.22 bits per heavy atom. The molecule has 7 aromatic rings. The van der Waals surface area contributed by atoms with Crippen molar-refractivity contribution in [1.29, 1.82) is 0 Å². The summed E-state index contributed by atoms with van der Waals surface area (Å²) in [4.78, 5) is 21.0. The predicted octanol–water partition coefficient (Wildman–Crippen LogP) is 12.1. The molecule has 0 bridgehead atoms. The molecule has 0 amide bonds. The third kappa shape index (κ3) is 5.92. The Bertz CT molecular complexity index is 2680. The highest BCUT2D eigenvalue weighted by Gasteiger charge is 2.29. The fourth-order valence-corrected chi connectivity index (χ4v) is 8.03. The summed E-state index contributed by atoms with van der Waals surface area (Å²) in [5.41, 5.74) is 13.5. The molecule has 0 saturated heterocycles. The topological polar surface area (TPSA) is 51.6 Å². The largest absolute Gasteiger partial charge is 0.245 e. The van der Waals surface area contributed by atoms with Crippen LogP contribution in [0.15, 0.2) is 182 Å². The SMILES string of the molecule is C1=CC2C=Cc3c(-c4cccc(-c5cc(C6C=CC(c7ccccc7)=CC6)nc(-c6ccc(-c7ccccc7)cc6)n5)n4)nc4ccccc4c3C2C=C1. The van der Waals surface area contributed by atoms with Crippen molar-refractivity contribution in [3.8, 4) is 45.3 Å². The van der Waals surface area contributed by atoms with Crippen LogP contribution in [0, 0.1) is 5.92 Å². The van der Waals surface area contributed by atoms with E-state index in [0.29, 0.717) is 11.7 Å². The molecule has 0 aliphatic heterocycles. The second-order valence-corrected chi connectivity index (χ2v) is 14.1. The molecule has 256 valence electrons. The van der Waals surface area contributed by atoms with Crippen LogP contribution in [0.25, 0.3) is 67.8 Å². The molecule has 3 aliphatic rings. The van der Waals surface area contributed by atoms with Gasteiger partial charge in [-0.1, -0.05) is 164 Å². The van der Waals surface area contributed by atoms with Gasteiger partial charge in [0.15, 0.2) is 5.82 Å². The van der Waals surface area contributed by atoms with E-state index in [1.165, 1.54) is 27.6 Å². The number of allylic oxidation sites excluding steroid dienone is 9. The third-order valence-corrected chi connectivity index (χ3v) is 10.8. The average Bonchev–Trinajstić information content (AvgIpc) is 3.26. The second-order valence-electron chi connectivity index (χ2n) is 14.1. The van der Waals surface area contributed by atoms with Crippen molar-refractivity contribution in [1.82, 2.24) is 19.9 Å². The minimum atomic E-state index is 0.106. The van der Waals surface area contributed by atoms with Crippen LogP contribution in [-0.2, 0) is 0 Å². The molecule has 10 rings (SSSR count). The van der Waals surface area contributed by atoms with E-state index in [-0.39, 0.29) is 11.8 Å². The van der Waals surface area contributed by atoms with Crippen LogP contribution in [0.1, 0.15) is 40.6 Å². The number of fused-ring (bicyclic) bond motifs is 5. The Morgan fingerprint density at radius 3 is 2.04 bits per heavy atom. The number of benzene rings is 4. The lowest BCUT2D eigenvalue weighted by molar-refractivity contribution is 0.697. The van der Waals surface area contributed by atoms with Gasteiger partial charge in [-0.25, -0.2) is 19.9 Å². The van der Waals surface area contributed by atoms with Gasteiger partial charge in [0.25, 0.3) is 0 Å². The van der Waals surface area contributed by atoms with E-state index >= 15 is 0 Å². The fourth-order valence-electron chi connectivity index (χ4n) is 8.03. The van der Waals surface area contributed by atoms with Gasteiger partial charge in [0.1, 0.15) is 0 Å². The minimum Gasteiger partial charge on any atom is -0.245 e. The molecule has 3 aromatic heterocycles. The molecule has 0 fully saturated rings. The Balaban J connectivity index is 1.07. The number of pyridine rings is 2. The highest BCUT2D eigenvalue weighted by atomic mass is 14.9. The summed E-state index contributed by atoms with van der Waals surface area (Å²) in [7, 11) is 0. The Labute approximate surface area is 315 Å². The third-order valence-electron chi connectivity index (χ3n) is 10.8. The molecule has 0 N–H and O–H groups in total. The number of hydrogen-bond donors (Lipinski definition) is 0. The van der Waals surface area contributed by atoms with Crippen molar-refractivity contribution in [2.75, 3.05) is 0 Å². The highest BCUT2D eigenvalue weighted by Crippen LogP contribution is 2.44. The predicted molar refractivity (Wildman–Crippen MR) is 221 cm³/mol. The summed E-state index contributed by atoms with van der Waals surface area (Å²) in [6, 6.07) is 46.4. The van der Waals surface area contributed by atoms with Gasteiger partial charge in [0, 0.05) is 34.3 Å². The highest BCUT2D eigenvalue weighted by molar-refractivity contribution is 5.92. The molecule has 0 spiro atoms. The molecule has 4 nitrogen and oxygen atoms in total. The van der Waals surface area contributed by atoms with Crippen molar-refractivity contribution >= 4 is 22.6 Å². The molecular weight excluding hydrogens is 657 g/mol. The number of nitrogens with zero attached hydrogens (tertiary/aromatic N) is 4. The van der Waals surface area contributed by atoms with E-state index in [1.54, 1.807) is 0 Å². The normalized spacial score (nSPS) is 18.3. The zero-order chi connectivity index (χ0) is 35.8. The van der Waals surface area contributed by atoms with Crippen molar-refractivity contribution in [2.45, 2.75) is 18.3 Å². The molecule has 3 heterocycles. The maximum atomic E-state index is 5.31. The Morgan fingerprint density at radius 1 is 0.500 bits per heavy atom. The molecule has 4 aromatic carbocycles. The molecule has 0 radical (unpaired) electrons. The van der Waals surface area contributed by atoms with E-state index in [9.17, 15) is 0 Å².